The molecule has 9 heteroatoms. The number of pyridine rings is 1. The highest BCUT2D eigenvalue weighted by atomic mass is 32.2. The maximum atomic E-state index is 13.7. The molecule has 0 saturated heterocycles. The Kier molecular flexibility index (Phi) is 5.68. The zero-order valence-corrected chi connectivity index (χ0v) is 14.3. The van der Waals surface area contributed by atoms with Gasteiger partial charge in [-0.1, -0.05) is 13.8 Å². The molecule has 2 aromatic rings. The second-order valence-electron chi connectivity index (χ2n) is 5.52. The van der Waals surface area contributed by atoms with E-state index in [0.717, 1.165) is 18.3 Å². The van der Waals surface area contributed by atoms with Crippen molar-refractivity contribution < 1.29 is 26.7 Å². The molecular formula is C16H16F2N2O4S. The van der Waals surface area contributed by atoms with E-state index in [1.54, 1.807) is 13.8 Å². The molecule has 0 spiro atoms. The summed E-state index contributed by atoms with van der Waals surface area (Å²) in [4.78, 5) is 15.8. The number of benzene rings is 1. The second kappa shape index (κ2) is 7.56. The Labute approximate surface area is 143 Å². The predicted octanol–water partition coefficient (Wildman–Crippen LogP) is 2.27. The predicted molar refractivity (Wildman–Crippen MR) is 85.2 cm³/mol. The van der Waals surface area contributed by atoms with Crippen LogP contribution in [0.2, 0.25) is 0 Å². The number of aromatic nitrogens is 1. The fourth-order valence-electron chi connectivity index (χ4n) is 1.96. The van der Waals surface area contributed by atoms with Crippen molar-refractivity contribution >= 4 is 15.9 Å². The molecule has 0 aliphatic heterocycles. The van der Waals surface area contributed by atoms with Gasteiger partial charge in [0, 0.05) is 18.5 Å². The lowest BCUT2D eigenvalue weighted by molar-refractivity contribution is -0.128. The summed E-state index contributed by atoms with van der Waals surface area (Å²) in [5.41, 5.74) is 0. The number of carbonyl (C=O) groups excluding carboxylic acids is 1. The van der Waals surface area contributed by atoms with Crippen LogP contribution in [0.4, 0.5) is 8.78 Å². The standard InChI is InChI=1S/C16H16F2N2O4S/c1-10(2)15(24-14-6-5-11(17)8-13(14)18)16(21)20-25(22,23)12-4-3-7-19-9-12/h3-10,15H,1-2H3,(H,20,21). The molecule has 0 bridgehead atoms. The molecule has 2 rings (SSSR count). The summed E-state index contributed by atoms with van der Waals surface area (Å²) in [6, 6.07) is 5.29. The van der Waals surface area contributed by atoms with Gasteiger partial charge in [-0.15, -0.1) is 0 Å². The Hall–Kier alpha value is -2.55. The third-order valence-electron chi connectivity index (χ3n) is 3.19. The molecule has 0 radical (unpaired) electrons. The molecule has 1 atom stereocenters. The smallest absolute Gasteiger partial charge is 0.275 e. The van der Waals surface area contributed by atoms with E-state index in [0.29, 0.717) is 6.07 Å². The van der Waals surface area contributed by atoms with E-state index in [4.69, 9.17) is 4.74 Å². The largest absolute Gasteiger partial charge is 0.477 e. The Morgan fingerprint density at radius 1 is 1.24 bits per heavy atom. The van der Waals surface area contributed by atoms with Crippen LogP contribution in [-0.4, -0.2) is 25.4 Å². The fourth-order valence-corrected chi connectivity index (χ4v) is 2.91. The maximum Gasteiger partial charge on any atom is 0.275 e. The van der Waals surface area contributed by atoms with Crippen LogP contribution < -0.4 is 9.46 Å². The fraction of sp³-hybridized carbons (Fsp3) is 0.250. The van der Waals surface area contributed by atoms with Gasteiger partial charge in [-0.25, -0.2) is 21.9 Å². The first kappa shape index (κ1) is 18.8. The van der Waals surface area contributed by atoms with Crippen LogP contribution in [0.15, 0.2) is 47.6 Å². The van der Waals surface area contributed by atoms with Gasteiger partial charge in [0.2, 0.25) is 0 Å². The van der Waals surface area contributed by atoms with Crippen LogP contribution in [0.3, 0.4) is 0 Å². The van der Waals surface area contributed by atoms with Crippen LogP contribution in [0.5, 0.6) is 5.75 Å². The number of rotatable bonds is 6. The zero-order valence-electron chi connectivity index (χ0n) is 13.4. The molecule has 1 aromatic heterocycles. The Morgan fingerprint density at radius 2 is 1.96 bits per heavy atom. The van der Waals surface area contributed by atoms with Gasteiger partial charge in [-0.3, -0.25) is 9.78 Å². The maximum absolute atomic E-state index is 13.7. The molecule has 6 nitrogen and oxygen atoms in total. The first-order valence-electron chi connectivity index (χ1n) is 7.29. The van der Waals surface area contributed by atoms with Crippen molar-refractivity contribution in [2.24, 2.45) is 5.92 Å². The third-order valence-corrected chi connectivity index (χ3v) is 4.52. The van der Waals surface area contributed by atoms with Gasteiger partial charge in [-0.2, -0.15) is 0 Å². The number of hydrogen-bond donors (Lipinski definition) is 1. The summed E-state index contributed by atoms with van der Waals surface area (Å²) >= 11 is 0. The highest BCUT2D eigenvalue weighted by molar-refractivity contribution is 7.90. The minimum Gasteiger partial charge on any atom is -0.477 e. The SMILES string of the molecule is CC(C)C(Oc1ccc(F)cc1F)C(=O)NS(=O)(=O)c1cccnc1. The van der Waals surface area contributed by atoms with Crippen molar-refractivity contribution in [2.45, 2.75) is 24.8 Å². The Morgan fingerprint density at radius 3 is 2.52 bits per heavy atom. The van der Waals surface area contributed by atoms with E-state index < -0.39 is 39.6 Å². The summed E-state index contributed by atoms with van der Waals surface area (Å²) < 4.78 is 58.2. The number of hydrogen-bond acceptors (Lipinski definition) is 5. The van der Waals surface area contributed by atoms with Gasteiger partial charge >= 0.3 is 0 Å². The second-order valence-corrected chi connectivity index (χ2v) is 7.20. The average Bonchev–Trinajstić information content (AvgIpc) is 2.54. The molecule has 0 fully saturated rings. The van der Waals surface area contributed by atoms with E-state index >= 15 is 0 Å². The first-order valence-corrected chi connectivity index (χ1v) is 8.77. The van der Waals surface area contributed by atoms with Crippen molar-refractivity contribution in [3.8, 4) is 5.75 Å². The number of ether oxygens (including phenoxy) is 1. The number of nitrogens with one attached hydrogen (secondary N) is 1. The molecule has 1 unspecified atom stereocenters. The van der Waals surface area contributed by atoms with Gasteiger partial charge in [-0.05, 0) is 30.2 Å². The highest BCUT2D eigenvalue weighted by Crippen LogP contribution is 2.21. The van der Waals surface area contributed by atoms with Gasteiger partial charge in [0.05, 0.1) is 0 Å². The van der Waals surface area contributed by atoms with E-state index in [9.17, 15) is 22.0 Å². The van der Waals surface area contributed by atoms with E-state index in [2.05, 4.69) is 4.98 Å². The van der Waals surface area contributed by atoms with Crippen LogP contribution in [0, 0.1) is 17.6 Å². The lowest BCUT2D eigenvalue weighted by Gasteiger charge is -2.22. The molecule has 134 valence electrons. The molecule has 1 heterocycles. The normalized spacial score (nSPS) is 12.7. The van der Waals surface area contributed by atoms with Gasteiger partial charge < -0.3 is 4.74 Å². The molecule has 0 aliphatic rings. The molecule has 0 saturated carbocycles. The topological polar surface area (TPSA) is 85.4 Å². The van der Waals surface area contributed by atoms with Crippen molar-refractivity contribution in [3.05, 3.63) is 54.4 Å². The minimum absolute atomic E-state index is 0.196. The van der Waals surface area contributed by atoms with E-state index in [1.807, 2.05) is 4.72 Å². The number of halogens is 2. The Balaban J connectivity index is 2.21. The first-order chi connectivity index (χ1) is 11.7. The number of amides is 1. The minimum atomic E-state index is -4.14. The average molecular weight is 370 g/mol. The van der Waals surface area contributed by atoms with Crippen molar-refractivity contribution in [2.75, 3.05) is 0 Å². The summed E-state index contributed by atoms with van der Waals surface area (Å²) in [6.45, 7) is 3.20. The Bertz CT molecular complexity index is 858. The van der Waals surface area contributed by atoms with Crippen molar-refractivity contribution in [1.82, 2.24) is 9.71 Å². The van der Waals surface area contributed by atoms with Crippen LogP contribution in [0.25, 0.3) is 0 Å². The molecule has 25 heavy (non-hydrogen) atoms. The molecule has 1 N–H and O–H groups in total. The summed E-state index contributed by atoms with van der Waals surface area (Å²) in [7, 11) is -4.14. The molecule has 1 aromatic carbocycles. The summed E-state index contributed by atoms with van der Waals surface area (Å²) in [5, 5.41) is 0. The number of nitrogens with zero attached hydrogens (tertiary/aromatic N) is 1. The van der Waals surface area contributed by atoms with Crippen LogP contribution in [0.1, 0.15) is 13.8 Å². The highest BCUT2D eigenvalue weighted by Gasteiger charge is 2.29. The van der Waals surface area contributed by atoms with Crippen LogP contribution in [-0.2, 0) is 14.8 Å². The number of carbonyl (C=O) groups is 1. The van der Waals surface area contributed by atoms with E-state index in [-0.39, 0.29) is 10.6 Å². The van der Waals surface area contributed by atoms with Crippen LogP contribution >= 0.6 is 0 Å². The summed E-state index contributed by atoms with van der Waals surface area (Å²) in [5.74, 6) is -3.59. The lowest BCUT2D eigenvalue weighted by atomic mass is 10.1. The van der Waals surface area contributed by atoms with Gasteiger partial charge in [0.25, 0.3) is 15.9 Å². The number of sulfonamides is 1. The van der Waals surface area contributed by atoms with Gasteiger partial charge in [0.15, 0.2) is 17.7 Å². The zero-order chi connectivity index (χ0) is 18.6. The quantitative estimate of drug-likeness (QED) is 0.843. The van der Waals surface area contributed by atoms with Gasteiger partial charge in [0.1, 0.15) is 10.7 Å². The lowest BCUT2D eigenvalue weighted by Crippen LogP contribution is -2.44. The third kappa shape index (κ3) is 4.72. The van der Waals surface area contributed by atoms with Crippen molar-refractivity contribution in [1.29, 1.82) is 0 Å². The monoisotopic (exact) mass is 370 g/mol. The summed E-state index contributed by atoms with van der Waals surface area (Å²) in [6.07, 6.45) is 1.17. The van der Waals surface area contributed by atoms with Crippen molar-refractivity contribution in [3.63, 3.8) is 0 Å². The molecular weight excluding hydrogens is 354 g/mol. The molecule has 1 amide bonds. The molecule has 0 aliphatic carbocycles. The van der Waals surface area contributed by atoms with E-state index in [1.165, 1.54) is 18.3 Å².